The molecule has 0 spiro atoms. The van der Waals surface area contributed by atoms with Crippen molar-refractivity contribution < 1.29 is 9.47 Å². The van der Waals surface area contributed by atoms with Gasteiger partial charge in [-0.1, -0.05) is 23.8 Å². The van der Waals surface area contributed by atoms with Gasteiger partial charge in [-0.3, -0.25) is 0 Å². The molecule has 0 saturated heterocycles. The Bertz CT molecular complexity index is 674. The van der Waals surface area contributed by atoms with E-state index in [4.69, 9.17) is 21.7 Å². The lowest BCUT2D eigenvalue weighted by Crippen LogP contribution is -2.30. The van der Waals surface area contributed by atoms with Crippen molar-refractivity contribution in [3.63, 3.8) is 0 Å². The van der Waals surface area contributed by atoms with Crippen LogP contribution in [0, 0.1) is 6.92 Å². The Labute approximate surface area is 142 Å². The highest BCUT2D eigenvalue weighted by Crippen LogP contribution is 2.20. The van der Waals surface area contributed by atoms with E-state index in [2.05, 4.69) is 23.6 Å². The fourth-order valence-corrected chi connectivity index (χ4v) is 2.51. The van der Waals surface area contributed by atoms with Gasteiger partial charge in [0.2, 0.25) is 0 Å². The number of hydrogen-bond donors (Lipinski definition) is 2. The normalized spacial score (nSPS) is 10.0. The molecule has 0 amide bonds. The van der Waals surface area contributed by atoms with Crippen molar-refractivity contribution in [2.45, 2.75) is 13.3 Å². The van der Waals surface area contributed by atoms with Crippen LogP contribution in [0.5, 0.6) is 11.5 Å². The van der Waals surface area contributed by atoms with E-state index in [1.807, 2.05) is 36.4 Å². The first-order valence-corrected chi connectivity index (χ1v) is 7.85. The summed E-state index contributed by atoms with van der Waals surface area (Å²) in [4.78, 5) is 0. The largest absolute Gasteiger partial charge is 0.497 e. The molecule has 0 atom stereocenters. The second-order valence-corrected chi connectivity index (χ2v) is 5.59. The van der Waals surface area contributed by atoms with Gasteiger partial charge < -0.3 is 20.1 Å². The summed E-state index contributed by atoms with van der Waals surface area (Å²) in [6.45, 7) is 2.81. The van der Waals surface area contributed by atoms with Gasteiger partial charge in [0, 0.05) is 18.3 Å². The van der Waals surface area contributed by atoms with Crippen molar-refractivity contribution in [2.24, 2.45) is 0 Å². The number of rotatable bonds is 6. The summed E-state index contributed by atoms with van der Waals surface area (Å²) in [7, 11) is 3.33. The molecule has 2 rings (SSSR count). The first-order valence-electron chi connectivity index (χ1n) is 7.45. The number of hydrogen-bond acceptors (Lipinski definition) is 3. The molecule has 23 heavy (non-hydrogen) atoms. The van der Waals surface area contributed by atoms with Gasteiger partial charge in [0.1, 0.15) is 11.5 Å². The van der Waals surface area contributed by atoms with E-state index in [9.17, 15) is 0 Å². The number of aryl methyl sites for hydroxylation is 1. The molecule has 0 aliphatic heterocycles. The second-order valence-electron chi connectivity index (χ2n) is 5.18. The molecule has 0 saturated carbocycles. The van der Waals surface area contributed by atoms with Crippen LogP contribution in [0.1, 0.15) is 11.1 Å². The molecule has 122 valence electrons. The Balaban J connectivity index is 1.86. The van der Waals surface area contributed by atoms with Crippen LogP contribution in [-0.2, 0) is 6.42 Å². The first-order chi connectivity index (χ1) is 11.1. The van der Waals surface area contributed by atoms with E-state index in [1.54, 1.807) is 14.2 Å². The molecule has 0 heterocycles. The van der Waals surface area contributed by atoms with Crippen LogP contribution < -0.4 is 20.1 Å². The van der Waals surface area contributed by atoms with Crippen LogP contribution in [0.2, 0.25) is 0 Å². The van der Waals surface area contributed by atoms with Crippen LogP contribution in [0.3, 0.4) is 0 Å². The molecule has 0 aliphatic carbocycles. The standard InChI is InChI=1S/C18H22N2O2S/c1-13-7-8-17(22-3)14(11-13)9-10-19-18(23)20-15-5-4-6-16(12-15)21-2/h4-8,11-12H,9-10H2,1-3H3,(H2,19,20,23). The summed E-state index contributed by atoms with van der Waals surface area (Å²) < 4.78 is 10.6. The fourth-order valence-electron chi connectivity index (χ4n) is 2.29. The summed E-state index contributed by atoms with van der Waals surface area (Å²) >= 11 is 5.32. The topological polar surface area (TPSA) is 42.5 Å². The summed E-state index contributed by atoms with van der Waals surface area (Å²) in [5.74, 6) is 1.70. The second kappa shape index (κ2) is 8.39. The van der Waals surface area contributed by atoms with Gasteiger partial charge >= 0.3 is 0 Å². The van der Waals surface area contributed by atoms with Gasteiger partial charge in [0.25, 0.3) is 0 Å². The van der Waals surface area contributed by atoms with E-state index < -0.39 is 0 Å². The summed E-state index contributed by atoms with van der Waals surface area (Å²) in [6.07, 6.45) is 0.838. The van der Waals surface area contributed by atoms with Gasteiger partial charge in [-0.25, -0.2) is 0 Å². The van der Waals surface area contributed by atoms with E-state index >= 15 is 0 Å². The van der Waals surface area contributed by atoms with Crippen LogP contribution in [-0.4, -0.2) is 25.9 Å². The maximum Gasteiger partial charge on any atom is 0.170 e. The Kier molecular flexibility index (Phi) is 6.23. The van der Waals surface area contributed by atoms with Crippen molar-refractivity contribution in [3.8, 4) is 11.5 Å². The number of nitrogens with one attached hydrogen (secondary N) is 2. The van der Waals surface area contributed by atoms with Gasteiger partial charge in [-0.2, -0.15) is 0 Å². The molecule has 0 aliphatic rings. The third-order valence-electron chi connectivity index (χ3n) is 3.44. The third kappa shape index (κ3) is 5.14. The molecule has 2 aromatic carbocycles. The lowest BCUT2D eigenvalue weighted by molar-refractivity contribution is 0.409. The fraction of sp³-hybridized carbons (Fsp3) is 0.278. The Hall–Kier alpha value is -2.27. The Morgan fingerprint density at radius 2 is 1.91 bits per heavy atom. The monoisotopic (exact) mass is 330 g/mol. The number of benzene rings is 2. The number of anilines is 1. The molecule has 4 nitrogen and oxygen atoms in total. The zero-order chi connectivity index (χ0) is 16.7. The zero-order valence-electron chi connectivity index (χ0n) is 13.7. The number of thiocarbonyl (C=S) groups is 1. The molecule has 0 radical (unpaired) electrons. The van der Waals surface area contributed by atoms with Gasteiger partial charge in [-0.05, 0) is 49.3 Å². The molecule has 0 bridgehead atoms. The Morgan fingerprint density at radius 3 is 2.65 bits per heavy atom. The lowest BCUT2D eigenvalue weighted by atomic mass is 10.1. The van der Waals surface area contributed by atoms with Crippen LogP contribution in [0.15, 0.2) is 42.5 Å². The molecular formula is C18H22N2O2S. The smallest absolute Gasteiger partial charge is 0.170 e. The highest BCUT2D eigenvalue weighted by atomic mass is 32.1. The first kappa shape index (κ1) is 17.1. The summed E-state index contributed by atoms with van der Waals surface area (Å²) in [5.41, 5.74) is 3.29. The predicted molar refractivity (Wildman–Crippen MR) is 98.7 cm³/mol. The van der Waals surface area contributed by atoms with Crippen molar-refractivity contribution >= 4 is 23.0 Å². The zero-order valence-corrected chi connectivity index (χ0v) is 14.5. The summed E-state index contributed by atoms with van der Waals surface area (Å²) in [6, 6.07) is 13.8. The van der Waals surface area contributed by atoms with Crippen molar-refractivity contribution in [3.05, 3.63) is 53.6 Å². The van der Waals surface area contributed by atoms with Crippen molar-refractivity contribution in [1.29, 1.82) is 0 Å². The molecule has 2 aromatic rings. The highest BCUT2D eigenvalue weighted by molar-refractivity contribution is 7.80. The van der Waals surface area contributed by atoms with Gasteiger partial charge in [-0.15, -0.1) is 0 Å². The van der Waals surface area contributed by atoms with Crippen LogP contribution >= 0.6 is 12.2 Å². The summed E-state index contributed by atoms with van der Waals surface area (Å²) in [5, 5.41) is 6.95. The quantitative estimate of drug-likeness (QED) is 0.793. The van der Waals surface area contributed by atoms with Crippen LogP contribution in [0.4, 0.5) is 5.69 Å². The minimum absolute atomic E-state index is 0.588. The lowest BCUT2D eigenvalue weighted by Gasteiger charge is -2.13. The number of ether oxygens (including phenoxy) is 2. The molecule has 2 N–H and O–H groups in total. The average molecular weight is 330 g/mol. The molecule has 0 aromatic heterocycles. The average Bonchev–Trinajstić information content (AvgIpc) is 2.55. The highest BCUT2D eigenvalue weighted by Gasteiger charge is 2.04. The van der Waals surface area contributed by atoms with Crippen molar-refractivity contribution in [1.82, 2.24) is 5.32 Å². The van der Waals surface area contributed by atoms with Crippen LogP contribution in [0.25, 0.3) is 0 Å². The van der Waals surface area contributed by atoms with Gasteiger partial charge in [0.05, 0.1) is 14.2 Å². The minimum atomic E-state index is 0.588. The van der Waals surface area contributed by atoms with Crippen molar-refractivity contribution in [2.75, 3.05) is 26.1 Å². The van der Waals surface area contributed by atoms with E-state index in [0.717, 1.165) is 30.2 Å². The molecular weight excluding hydrogens is 308 g/mol. The Morgan fingerprint density at radius 1 is 1.09 bits per heavy atom. The molecule has 0 fully saturated rings. The number of methoxy groups -OCH3 is 2. The minimum Gasteiger partial charge on any atom is -0.497 e. The molecule has 0 unspecified atom stereocenters. The molecule has 5 heteroatoms. The van der Waals surface area contributed by atoms with E-state index in [-0.39, 0.29) is 0 Å². The van der Waals surface area contributed by atoms with E-state index in [1.165, 1.54) is 11.1 Å². The SMILES string of the molecule is COc1cccc(NC(=S)NCCc2cc(C)ccc2OC)c1. The predicted octanol–water partition coefficient (Wildman–Crippen LogP) is 3.54. The maximum atomic E-state index is 5.39. The maximum absolute atomic E-state index is 5.39. The third-order valence-corrected chi connectivity index (χ3v) is 3.69. The van der Waals surface area contributed by atoms with Gasteiger partial charge in [0.15, 0.2) is 5.11 Å². The van der Waals surface area contributed by atoms with E-state index in [0.29, 0.717) is 5.11 Å².